The fourth-order valence-corrected chi connectivity index (χ4v) is 0.954. The third kappa shape index (κ3) is 1.47. The summed E-state index contributed by atoms with van der Waals surface area (Å²) in [5.74, 6) is 0.375. The van der Waals surface area contributed by atoms with Crippen molar-refractivity contribution in [3.8, 4) is 0 Å². The summed E-state index contributed by atoms with van der Waals surface area (Å²) < 4.78 is 0. The van der Waals surface area contributed by atoms with Gasteiger partial charge >= 0.3 is 0 Å². The molecule has 0 heterocycles. The van der Waals surface area contributed by atoms with E-state index in [-0.39, 0.29) is 5.41 Å². The van der Waals surface area contributed by atoms with Crippen LogP contribution in [-0.4, -0.2) is 5.78 Å². The first-order valence-corrected chi connectivity index (χ1v) is 3.72. The first-order valence-electron chi connectivity index (χ1n) is 3.72. The molecule has 1 saturated carbocycles. The smallest absolute Gasteiger partial charge is 0.142 e. The number of ketones is 1. The van der Waals surface area contributed by atoms with E-state index < -0.39 is 0 Å². The molecule has 0 aromatic carbocycles. The summed E-state index contributed by atoms with van der Waals surface area (Å²) in [5.41, 5.74) is 1.03. The predicted octanol–water partition coefficient (Wildman–Crippen LogP) is 2.32. The lowest BCUT2D eigenvalue weighted by molar-refractivity contribution is -0.122. The van der Waals surface area contributed by atoms with Crippen LogP contribution in [0.5, 0.6) is 0 Å². The second kappa shape index (κ2) is 2.22. The predicted molar refractivity (Wildman–Crippen MR) is 41.8 cm³/mol. The summed E-state index contributed by atoms with van der Waals surface area (Å²) in [6.07, 6.45) is 2.74. The largest absolute Gasteiger partial charge is 0.299 e. The Balaban J connectivity index is 2.43. The summed E-state index contributed by atoms with van der Waals surface area (Å²) in [6, 6.07) is 0. The topological polar surface area (TPSA) is 17.1 Å². The fourth-order valence-electron chi connectivity index (χ4n) is 0.954. The Morgan fingerprint density at radius 1 is 1.60 bits per heavy atom. The highest BCUT2D eigenvalue weighted by molar-refractivity contribution is 5.88. The number of hydrogen-bond acceptors (Lipinski definition) is 1. The van der Waals surface area contributed by atoms with Gasteiger partial charge in [0.15, 0.2) is 0 Å². The van der Waals surface area contributed by atoms with Gasteiger partial charge in [-0.15, -0.1) is 0 Å². The molecule has 1 heteroatoms. The van der Waals surface area contributed by atoms with Crippen LogP contribution in [0.4, 0.5) is 0 Å². The van der Waals surface area contributed by atoms with Crippen molar-refractivity contribution >= 4 is 5.78 Å². The Morgan fingerprint density at radius 3 is 2.40 bits per heavy atom. The molecule has 10 heavy (non-hydrogen) atoms. The molecular weight excluding hydrogens is 124 g/mol. The highest BCUT2D eigenvalue weighted by atomic mass is 16.1. The average Bonchev–Trinajstić information content (AvgIpc) is 2.47. The Kier molecular flexibility index (Phi) is 1.67. The molecule has 0 spiro atoms. The number of allylic oxidation sites excluding steroid dienone is 1. The number of carbonyl (C=O) groups excluding carboxylic acids is 1. The molecule has 1 nitrogen and oxygen atoms in total. The van der Waals surface area contributed by atoms with Crippen LogP contribution in [-0.2, 0) is 4.79 Å². The fraction of sp³-hybridized carbons (Fsp3) is 0.667. The van der Waals surface area contributed by atoms with Gasteiger partial charge in [0.05, 0.1) is 0 Å². The quantitative estimate of drug-likeness (QED) is 0.547. The molecule has 1 aliphatic carbocycles. The highest BCUT2D eigenvalue weighted by Gasteiger charge is 2.43. The van der Waals surface area contributed by atoms with Gasteiger partial charge in [-0.2, -0.15) is 0 Å². The second-order valence-corrected chi connectivity index (χ2v) is 3.62. The first kappa shape index (κ1) is 7.52. The standard InChI is InChI=1S/C9H14O/c1-7(2)6-8(10)9(3)4-5-9/h1,4-6H2,2-3H3. The third-order valence-electron chi connectivity index (χ3n) is 2.14. The van der Waals surface area contributed by atoms with Gasteiger partial charge in [-0.3, -0.25) is 4.79 Å². The Hall–Kier alpha value is -0.590. The summed E-state index contributed by atoms with van der Waals surface area (Å²) >= 11 is 0. The van der Waals surface area contributed by atoms with Gasteiger partial charge in [-0.05, 0) is 19.8 Å². The lowest BCUT2D eigenvalue weighted by atomic mass is 9.98. The van der Waals surface area contributed by atoms with Crippen molar-refractivity contribution < 1.29 is 4.79 Å². The van der Waals surface area contributed by atoms with E-state index in [4.69, 9.17) is 0 Å². The van der Waals surface area contributed by atoms with Crippen molar-refractivity contribution in [3.63, 3.8) is 0 Å². The number of hydrogen-bond donors (Lipinski definition) is 0. The number of carbonyl (C=O) groups is 1. The molecule has 0 saturated heterocycles. The maximum absolute atomic E-state index is 11.3. The van der Waals surface area contributed by atoms with Crippen molar-refractivity contribution in [2.75, 3.05) is 0 Å². The van der Waals surface area contributed by atoms with Crippen molar-refractivity contribution in [3.05, 3.63) is 12.2 Å². The van der Waals surface area contributed by atoms with Crippen LogP contribution < -0.4 is 0 Å². The van der Waals surface area contributed by atoms with E-state index in [2.05, 4.69) is 6.58 Å². The van der Waals surface area contributed by atoms with E-state index in [9.17, 15) is 4.79 Å². The summed E-state index contributed by atoms with van der Waals surface area (Å²) in [6.45, 7) is 7.66. The molecule has 0 aliphatic heterocycles. The van der Waals surface area contributed by atoms with E-state index in [0.717, 1.165) is 18.4 Å². The Morgan fingerprint density at radius 2 is 2.10 bits per heavy atom. The molecule has 0 radical (unpaired) electrons. The first-order chi connectivity index (χ1) is 4.54. The summed E-state index contributed by atoms with van der Waals surface area (Å²) in [7, 11) is 0. The number of Topliss-reactive ketones (excluding diaryl/α,β-unsaturated/α-hetero) is 1. The lowest BCUT2D eigenvalue weighted by Gasteiger charge is -2.05. The minimum Gasteiger partial charge on any atom is -0.299 e. The van der Waals surface area contributed by atoms with Crippen LogP contribution in [0.1, 0.15) is 33.1 Å². The van der Waals surface area contributed by atoms with E-state index in [0.29, 0.717) is 12.2 Å². The van der Waals surface area contributed by atoms with Gasteiger partial charge in [0.1, 0.15) is 5.78 Å². The number of rotatable bonds is 3. The molecule has 1 fully saturated rings. The van der Waals surface area contributed by atoms with Gasteiger partial charge in [-0.1, -0.05) is 19.1 Å². The zero-order chi connectivity index (χ0) is 7.78. The molecular formula is C9H14O. The minimum atomic E-state index is 0.0406. The SMILES string of the molecule is C=C(C)CC(=O)C1(C)CC1. The van der Waals surface area contributed by atoms with Crippen LogP contribution in [0.15, 0.2) is 12.2 Å². The Labute approximate surface area is 62.1 Å². The van der Waals surface area contributed by atoms with Crippen molar-refractivity contribution in [1.29, 1.82) is 0 Å². The molecule has 1 rings (SSSR count). The molecule has 56 valence electrons. The van der Waals surface area contributed by atoms with Crippen LogP contribution in [0, 0.1) is 5.41 Å². The molecule has 0 N–H and O–H groups in total. The third-order valence-corrected chi connectivity index (χ3v) is 2.14. The van der Waals surface area contributed by atoms with E-state index in [1.54, 1.807) is 0 Å². The second-order valence-electron chi connectivity index (χ2n) is 3.62. The highest BCUT2D eigenvalue weighted by Crippen LogP contribution is 2.46. The van der Waals surface area contributed by atoms with Crippen molar-refractivity contribution in [1.82, 2.24) is 0 Å². The van der Waals surface area contributed by atoms with Crippen LogP contribution in [0.3, 0.4) is 0 Å². The van der Waals surface area contributed by atoms with Gasteiger partial charge in [0.2, 0.25) is 0 Å². The van der Waals surface area contributed by atoms with Crippen molar-refractivity contribution in [2.45, 2.75) is 33.1 Å². The summed E-state index contributed by atoms with van der Waals surface area (Å²) in [5, 5.41) is 0. The van der Waals surface area contributed by atoms with Gasteiger partial charge in [-0.25, -0.2) is 0 Å². The minimum absolute atomic E-state index is 0.0406. The van der Waals surface area contributed by atoms with Gasteiger partial charge in [0, 0.05) is 11.8 Å². The normalized spacial score (nSPS) is 20.2. The maximum Gasteiger partial charge on any atom is 0.142 e. The zero-order valence-corrected chi connectivity index (χ0v) is 6.74. The molecule has 1 aliphatic rings. The van der Waals surface area contributed by atoms with E-state index in [1.807, 2.05) is 13.8 Å². The molecule has 0 aromatic heterocycles. The van der Waals surface area contributed by atoms with E-state index in [1.165, 1.54) is 0 Å². The van der Waals surface area contributed by atoms with E-state index >= 15 is 0 Å². The van der Waals surface area contributed by atoms with Gasteiger partial charge < -0.3 is 0 Å². The van der Waals surface area contributed by atoms with Gasteiger partial charge in [0.25, 0.3) is 0 Å². The van der Waals surface area contributed by atoms with Crippen molar-refractivity contribution in [2.24, 2.45) is 5.41 Å². The molecule has 0 amide bonds. The molecule has 0 unspecified atom stereocenters. The molecule has 0 atom stereocenters. The average molecular weight is 138 g/mol. The zero-order valence-electron chi connectivity index (χ0n) is 6.74. The Bertz CT molecular complexity index is 175. The maximum atomic E-state index is 11.3. The lowest BCUT2D eigenvalue weighted by Crippen LogP contribution is -2.10. The van der Waals surface area contributed by atoms with Crippen LogP contribution in [0.2, 0.25) is 0 Å². The molecule has 0 bridgehead atoms. The van der Waals surface area contributed by atoms with Crippen LogP contribution >= 0.6 is 0 Å². The monoisotopic (exact) mass is 138 g/mol. The summed E-state index contributed by atoms with van der Waals surface area (Å²) in [4.78, 5) is 11.3. The molecule has 0 aromatic rings. The van der Waals surface area contributed by atoms with Crippen LogP contribution in [0.25, 0.3) is 0 Å².